The number of aromatic hydroxyl groups is 8. The van der Waals surface area contributed by atoms with Crippen molar-refractivity contribution in [3.63, 3.8) is 0 Å². The highest BCUT2D eigenvalue weighted by molar-refractivity contribution is 5.69. The van der Waals surface area contributed by atoms with Gasteiger partial charge >= 0.3 is 0 Å². The Labute approximate surface area is 740 Å². The van der Waals surface area contributed by atoms with Gasteiger partial charge in [0.1, 0.15) is 63.2 Å². The maximum absolute atomic E-state index is 13.3. The number of ether oxygens (including phenoxy) is 1. The second kappa shape index (κ2) is 38.1. The smallest absolute Gasteiger partial charge is 0.219 e. The molecule has 8 N–H and O–H groups in total. The average Bonchev–Trinajstić information content (AvgIpc) is 1.64. The summed E-state index contributed by atoms with van der Waals surface area (Å²) in [5, 5.41) is 83.2. The molecule has 0 aliphatic carbocycles. The number of benzene rings is 12. The summed E-state index contributed by atoms with van der Waals surface area (Å²) in [7, 11) is 1.63. The molecule has 21 nitrogen and oxygen atoms in total. The van der Waals surface area contributed by atoms with Crippen molar-refractivity contribution in [3.8, 4) is 97.3 Å². The number of methoxy groups -OCH3 is 1. The number of phenols is 4. The van der Waals surface area contributed by atoms with Crippen molar-refractivity contribution in [1.82, 2.24) is 57.5 Å². The molecule has 20 aromatic rings. The zero-order valence-electron chi connectivity index (χ0n) is 70.1. The number of hydrogen-bond acceptors (Lipinski definition) is 17. The van der Waals surface area contributed by atoms with E-state index >= 15 is 0 Å². The van der Waals surface area contributed by atoms with E-state index in [2.05, 4.69) is 36.2 Å². The molecule has 23 heteroatoms. The Balaban J connectivity index is 0.000000121. The zero-order chi connectivity index (χ0) is 89.0. The Kier molecular flexibility index (Phi) is 24.9. The number of aryl methyl sites for hydroxylation is 1. The van der Waals surface area contributed by atoms with Crippen LogP contribution in [0.1, 0.15) is 95.6 Å². The van der Waals surface area contributed by atoms with Gasteiger partial charge in [0, 0.05) is 98.4 Å². The van der Waals surface area contributed by atoms with E-state index in [1.165, 1.54) is 29.8 Å². The van der Waals surface area contributed by atoms with Crippen LogP contribution in [0.2, 0.25) is 0 Å². The molecule has 0 aliphatic heterocycles. The molecule has 0 radical (unpaired) electrons. The van der Waals surface area contributed by atoms with Gasteiger partial charge in [-0.2, -0.15) is 0 Å². The largest absolute Gasteiger partial charge is 0.508 e. The maximum Gasteiger partial charge on any atom is 0.219 e. The molecular formula is C106H86F2N12O9. The number of hydrogen-bond donors (Lipinski definition) is 8. The lowest BCUT2D eigenvalue weighted by atomic mass is 10.1. The first kappa shape index (κ1) is 84.4. The first-order valence-electron chi connectivity index (χ1n) is 41.7. The van der Waals surface area contributed by atoms with Crippen molar-refractivity contribution >= 4 is 22.6 Å². The van der Waals surface area contributed by atoms with Crippen molar-refractivity contribution in [3.05, 3.63) is 447 Å². The predicted octanol–water partition coefficient (Wildman–Crippen LogP) is 20.6. The van der Waals surface area contributed by atoms with Crippen molar-refractivity contribution in [2.75, 3.05) is 7.11 Å². The number of phenolic OH excluding ortho intramolecular Hbond substituents is 4. The highest BCUT2D eigenvalue weighted by atomic mass is 19.1. The normalized spacial score (nSPS) is 11.1. The SMILES string of the molecule is COc1cccc(Cc2nc3c(Cc4ccccc4)nc(-c4ccc(O)cc4)cn3c2O)c1.Cc1cccc(Cc2nc3c(Cc4ccccc4)nc(-c4cccc(O)c4)cn3c2O)c1.Oc1ccc(-c2cn3c(O)c(Cc4ccc(F)cc4)nc3c(Cc3ccccc3)n2)cc1.Oc1cccc(-c2cn3c(O)c(Cc4ccc(F)cc4)nc3c(Cc3ccccc3)n2)c1. The molecule has 129 heavy (non-hydrogen) atoms. The van der Waals surface area contributed by atoms with Crippen LogP contribution in [0.25, 0.3) is 67.6 Å². The van der Waals surface area contributed by atoms with E-state index in [4.69, 9.17) is 39.6 Å². The molecule has 0 spiro atoms. The van der Waals surface area contributed by atoms with E-state index in [1.54, 1.807) is 159 Å². The van der Waals surface area contributed by atoms with Crippen molar-refractivity contribution in [1.29, 1.82) is 0 Å². The molecule has 0 atom stereocenters. The maximum atomic E-state index is 13.3. The lowest BCUT2D eigenvalue weighted by Crippen LogP contribution is -2.00. The van der Waals surface area contributed by atoms with Gasteiger partial charge in [0.05, 0.1) is 52.7 Å². The first-order chi connectivity index (χ1) is 62.8. The van der Waals surface area contributed by atoms with Crippen LogP contribution in [0.4, 0.5) is 8.78 Å². The quantitative estimate of drug-likeness (QED) is 0.0332. The van der Waals surface area contributed by atoms with Gasteiger partial charge in [0.25, 0.3) is 0 Å². The Morgan fingerprint density at radius 2 is 0.512 bits per heavy atom. The summed E-state index contributed by atoms with van der Waals surface area (Å²) in [6.45, 7) is 2.05. The van der Waals surface area contributed by atoms with Crippen LogP contribution in [-0.4, -0.2) is 105 Å². The van der Waals surface area contributed by atoms with Gasteiger partial charge in [0.15, 0.2) is 22.6 Å². The summed E-state index contributed by atoms with van der Waals surface area (Å²) < 4.78 is 38.5. The van der Waals surface area contributed by atoms with Gasteiger partial charge < -0.3 is 45.6 Å². The molecule has 0 fully saturated rings. The van der Waals surface area contributed by atoms with Gasteiger partial charge in [-0.05, 0) is 161 Å². The molecule has 8 aromatic heterocycles. The van der Waals surface area contributed by atoms with E-state index in [9.17, 15) is 49.6 Å². The van der Waals surface area contributed by atoms with Crippen LogP contribution in [0, 0.1) is 18.6 Å². The number of imidazole rings is 4. The molecule has 638 valence electrons. The third-order valence-electron chi connectivity index (χ3n) is 21.9. The predicted molar refractivity (Wildman–Crippen MR) is 492 cm³/mol. The summed E-state index contributed by atoms with van der Waals surface area (Å²) in [5.74, 6) is 1.06. The van der Waals surface area contributed by atoms with E-state index < -0.39 is 0 Å². The third kappa shape index (κ3) is 20.0. The fourth-order valence-corrected chi connectivity index (χ4v) is 15.4. The lowest BCUT2D eigenvalue weighted by Gasteiger charge is -2.09. The molecule has 20 rings (SSSR count). The fraction of sp³-hybridized carbons (Fsp3) is 0.0943. The molecule has 0 unspecified atom stereocenters. The van der Waals surface area contributed by atoms with Gasteiger partial charge in [-0.15, -0.1) is 0 Å². The van der Waals surface area contributed by atoms with E-state index in [1.807, 2.05) is 158 Å². The molecule has 0 aliphatic rings. The van der Waals surface area contributed by atoms with Crippen LogP contribution in [-0.2, 0) is 51.4 Å². The molecule has 0 saturated carbocycles. The summed E-state index contributed by atoms with van der Waals surface area (Å²) in [6, 6.07) is 95.7. The minimum Gasteiger partial charge on any atom is -0.508 e. The molecular weight excluding hydrogens is 1620 g/mol. The molecule has 0 saturated heterocycles. The van der Waals surface area contributed by atoms with Crippen molar-refractivity contribution in [2.45, 2.75) is 58.3 Å². The highest BCUT2D eigenvalue weighted by Gasteiger charge is 2.25. The first-order valence-corrected chi connectivity index (χ1v) is 41.7. The number of aromatic nitrogens is 12. The van der Waals surface area contributed by atoms with Crippen LogP contribution in [0.15, 0.2) is 340 Å². The van der Waals surface area contributed by atoms with Crippen LogP contribution >= 0.6 is 0 Å². The minimum absolute atomic E-state index is 0.0161. The topological polar surface area (TPSA) is 292 Å². The summed E-state index contributed by atoms with van der Waals surface area (Å²) >= 11 is 0. The number of fused-ring (bicyclic) bond motifs is 4. The van der Waals surface area contributed by atoms with E-state index in [0.29, 0.717) is 125 Å². The van der Waals surface area contributed by atoms with E-state index in [-0.39, 0.29) is 58.2 Å². The summed E-state index contributed by atoms with van der Waals surface area (Å²) in [4.78, 5) is 38.4. The number of nitrogens with zero attached hydrogens (tertiary/aromatic N) is 12. The molecule has 0 amide bonds. The second-order valence-electron chi connectivity index (χ2n) is 31.2. The summed E-state index contributed by atoms with van der Waals surface area (Å²) in [5.41, 5.74) is 22.6. The highest BCUT2D eigenvalue weighted by Crippen LogP contribution is 2.36. The minimum atomic E-state index is -0.307. The standard InChI is InChI=1S/C27H23N3O3.C27H23N3O2.2C26H20FN3O2/c1-33-22-9-5-8-19(14-22)16-24-27(32)30-17-25(20-10-12-21(31)13-11-20)28-23(26(30)29-24)15-18-6-3-2-4-7-18;1-18-7-5-10-20(13-18)15-24-27(32)30-17-25(21-11-6-12-22(31)16-21)28-23(26(30)29-24)14-19-8-3-2-4-9-19;27-20-11-9-18(10-12-20)14-23-26(32)30-16-24(19-7-4-8-21(31)15-19)28-22(25(30)29-23)13-17-5-2-1-3-6-17;27-20-10-6-18(7-11-20)15-23-26(32)30-16-24(19-8-12-21(31)13-9-19)28-22(25(30)29-23)14-17-4-2-1-3-5-17/h2-14,17,31-32H,15-16H2,1H3;2-13,16-17,31-32H,14-15H2,1H3;1-12,15-16,31-32H,13-14H2;1-13,16,31-32H,14-15H2. The molecule has 8 heterocycles. The average molecular weight is 1710 g/mol. The van der Waals surface area contributed by atoms with Crippen molar-refractivity contribution < 1.29 is 54.4 Å². The van der Waals surface area contributed by atoms with Gasteiger partial charge in [-0.25, -0.2) is 48.7 Å². The molecule has 0 bridgehead atoms. The number of rotatable bonds is 21. The van der Waals surface area contributed by atoms with Gasteiger partial charge in [-0.3, -0.25) is 17.6 Å². The van der Waals surface area contributed by atoms with Crippen LogP contribution < -0.4 is 4.74 Å². The van der Waals surface area contributed by atoms with Gasteiger partial charge in [-0.1, -0.05) is 212 Å². The third-order valence-corrected chi connectivity index (χ3v) is 21.9. The Morgan fingerprint density at radius 1 is 0.240 bits per heavy atom. The Hall–Kier alpha value is -16.8. The van der Waals surface area contributed by atoms with Crippen molar-refractivity contribution in [2.24, 2.45) is 0 Å². The zero-order valence-corrected chi connectivity index (χ0v) is 70.1. The monoisotopic (exact) mass is 1710 g/mol. The molecule has 12 aromatic carbocycles. The van der Waals surface area contributed by atoms with Crippen LogP contribution in [0.3, 0.4) is 0 Å². The Morgan fingerprint density at radius 3 is 0.822 bits per heavy atom. The second-order valence-corrected chi connectivity index (χ2v) is 31.2. The number of halogens is 2. The fourth-order valence-electron chi connectivity index (χ4n) is 15.4. The van der Waals surface area contributed by atoms with E-state index in [0.717, 1.165) is 89.6 Å². The lowest BCUT2D eigenvalue weighted by molar-refractivity contribution is 0.414. The van der Waals surface area contributed by atoms with Crippen LogP contribution in [0.5, 0.6) is 52.3 Å². The Bertz CT molecular complexity index is 7350. The van der Waals surface area contributed by atoms with Gasteiger partial charge in [0.2, 0.25) is 23.5 Å². The summed E-state index contributed by atoms with van der Waals surface area (Å²) in [6.07, 6.45) is 11.0.